The van der Waals surface area contributed by atoms with E-state index in [1.165, 1.54) is 11.4 Å². The first kappa shape index (κ1) is 15.4. The Morgan fingerprint density at radius 1 is 0.870 bits per heavy atom. The van der Waals surface area contributed by atoms with Gasteiger partial charge in [0.05, 0.1) is 12.8 Å². The zero-order valence-electron chi connectivity index (χ0n) is 12.9. The number of rotatable bonds is 4. The van der Waals surface area contributed by atoms with Gasteiger partial charge in [-0.2, -0.15) is 0 Å². The first-order valence-electron chi connectivity index (χ1n) is 7.15. The maximum absolute atomic E-state index is 12.9. The summed E-state index contributed by atoms with van der Waals surface area (Å²) in [6, 6.07) is 20.0. The minimum atomic E-state index is -3.70. The van der Waals surface area contributed by atoms with E-state index < -0.39 is 10.0 Å². The van der Waals surface area contributed by atoms with Crippen LogP contribution in [0.15, 0.2) is 71.6 Å². The molecule has 23 heavy (non-hydrogen) atoms. The summed E-state index contributed by atoms with van der Waals surface area (Å²) < 4.78 is 32.2. The monoisotopic (exact) mass is 327 g/mol. The smallest absolute Gasteiger partial charge is 0.267 e. The van der Waals surface area contributed by atoms with E-state index in [-0.39, 0.29) is 4.90 Å². The van der Waals surface area contributed by atoms with Gasteiger partial charge >= 0.3 is 0 Å². The second-order valence-corrected chi connectivity index (χ2v) is 7.09. The number of methoxy groups -OCH3 is 1. The number of benzene rings is 3. The molecule has 118 valence electrons. The number of nitrogens with zero attached hydrogens (tertiary/aromatic N) is 1. The van der Waals surface area contributed by atoms with Crippen molar-refractivity contribution in [3.8, 4) is 5.75 Å². The zero-order chi connectivity index (χ0) is 16.4. The van der Waals surface area contributed by atoms with Gasteiger partial charge in [0, 0.05) is 7.05 Å². The lowest BCUT2D eigenvalue weighted by molar-refractivity contribution is 0.402. The normalized spacial score (nSPS) is 11.4. The summed E-state index contributed by atoms with van der Waals surface area (Å²) in [4.78, 5) is 0.151. The predicted molar refractivity (Wildman–Crippen MR) is 92.5 cm³/mol. The Morgan fingerprint density at radius 2 is 1.52 bits per heavy atom. The van der Waals surface area contributed by atoms with Gasteiger partial charge in [-0.05, 0) is 35.0 Å². The quantitative estimate of drug-likeness (QED) is 0.734. The fourth-order valence-electron chi connectivity index (χ4n) is 2.49. The van der Waals surface area contributed by atoms with Crippen LogP contribution in [0.2, 0.25) is 0 Å². The van der Waals surface area contributed by atoms with Crippen LogP contribution in [-0.4, -0.2) is 22.6 Å². The van der Waals surface area contributed by atoms with E-state index in [1.807, 2.05) is 36.4 Å². The molecule has 0 aromatic heterocycles. The molecule has 5 heteroatoms. The zero-order valence-corrected chi connectivity index (χ0v) is 13.7. The molecule has 0 fully saturated rings. The molecule has 0 aliphatic rings. The third-order valence-corrected chi connectivity index (χ3v) is 5.63. The van der Waals surface area contributed by atoms with E-state index in [0.29, 0.717) is 11.4 Å². The number of ether oxygens (including phenoxy) is 1. The fourth-order valence-corrected chi connectivity index (χ4v) is 3.83. The van der Waals surface area contributed by atoms with Gasteiger partial charge in [0.1, 0.15) is 10.6 Å². The predicted octanol–water partition coefficient (Wildman–Crippen LogP) is 3.67. The molecule has 0 aliphatic carbocycles. The van der Waals surface area contributed by atoms with Crippen LogP contribution in [0.3, 0.4) is 0 Å². The average molecular weight is 327 g/mol. The van der Waals surface area contributed by atoms with Crippen LogP contribution in [0.25, 0.3) is 10.8 Å². The van der Waals surface area contributed by atoms with Crippen LogP contribution in [0, 0.1) is 0 Å². The first-order chi connectivity index (χ1) is 11.0. The third kappa shape index (κ3) is 2.75. The van der Waals surface area contributed by atoms with Gasteiger partial charge in [0.2, 0.25) is 0 Å². The number of hydrogen-bond donors (Lipinski definition) is 0. The van der Waals surface area contributed by atoms with Gasteiger partial charge in [-0.3, -0.25) is 4.31 Å². The van der Waals surface area contributed by atoms with Crippen molar-refractivity contribution in [1.29, 1.82) is 0 Å². The molecule has 0 bridgehead atoms. The maximum Gasteiger partial charge on any atom is 0.267 e. The van der Waals surface area contributed by atoms with E-state index in [1.54, 1.807) is 37.4 Å². The Morgan fingerprint density at radius 3 is 2.26 bits per heavy atom. The molecule has 0 saturated heterocycles. The molecule has 3 rings (SSSR count). The molecule has 0 amide bonds. The summed E-state index contributed by atoms with van der Waals surface area (Å²) in [5.41, 5.74) is 0.606. The molecule has 0 aliphatic heterocycles. The summed E-state index contributed by atoms with van der Waals surface area (Å²) in [6.45, 7) is 0. The largest absolute Gasteiger partial charge is 0.495 e. The van der Waals surface area contributed by atoms with Crippen molar-refractivity contribution in [1.82, 2.24) is 0 Å². The van der Waals surface area contributed by atoms with Crippen LogP contribution < -0.4 is 9.04 Å². The Hall–Kier alpha value is -2.53. The van der Waals surface area contributed by atoms with Gasteiger partial charge in [-0.15, -0.1) is 0 Å². The number of hydrogen-bond acceptors (Lipinski definition) is 3. The molecule has 3 aromatic carbocycles. The Kier molecular flexibility index (Phi) is 3.96. The lowest BCUT2D eigenvalue weighted by Gasteiger charge is -2.21. The molecule has 4 nitrogen and oxygen atoms in total. The van der Waals surface area contributed by atoms with Crippen LogP contribution in [0.1, 0.15) is 0 Å². The van der Waals surface area contributed by atoms with Crippen molar-refractivity contribution in [3.05, 3.63) is 66.7 Å². The van der Waals surface area contributed by atoms with Crippen LogP contribution in [0.4, 0.5) is 5.69 Å². The number of fused-ring (bicyclic) bond motifs is 1. The van der Waals surface area contributed by atoms with Gasteiger partial charge in [0.15, 0.2) is 0 Å². The lowest BCUT2D eigenvalue weighted by Crippen LogP contribution is -2.26. The molecule has 0 heterocycles. The summed E-state index contributed by atoms with van der Waals surface area (Å²) >= 11 is 0. The molecule has 3 aromatic rings. The highest BCUT2D eigenvalue weighted by molar-refractivity contribution is 7.92. The first-order valence-corrected chi connectivity index (χ1v) is 8.59. The van der Waals surface area contributed by atoms with E-state index >= 15 is 0 Å². The molecule has 0 spiro atoms. The van der Waals surface area contributed by atoms with Crippen LogP contribution in [0.5, 0.6) is 5.75 Å². The van der Waals surface area contributed by atoms with Crippen molar-refractivity contribution < 1.29 is 13.2 Å². The molecule has 0 atom stereocenters. The molecule has 0 saturated carbocycles. The summed E-state index contributed by atoms with van der Waals surface area (Å²) in [6.07, 6.45) is 0. The SMILES string of the molecule is COc1ccccc1S(=O)(=O)N(C)c1ccc2ccccc2c1. The third-order valence-electron chi connectivity index (χ3n) is 3.80. The molecule has 0 N–H and O–H groups in total. The van der Waals surface area contributed by atoms with Crippen LogP contribution >= 0.6 is 0 Å². The average Bonchev–Trinajstić information content (AvgIpc) is 2.60. The Bertz CT molecular complexity index is 951. The van der Waals surface area contributed by atoms with Gasteiger partial charge in [-0.1, -0.05) is 42.5 Å². The van der Waals surface area contributed by atoms with Gasteiger partial charge in [0.25, 0.3) is 10.0 Å². The highest BCUT2D eigenvalue weighted by Gasteiger charge is 2.24. The summed E-state index contributed by atoms with van der Waals surface area (Å²) in [5.74, 6) is 0.333. The maximum atomic E-state index is 12.9. The van der Waals surface area contributed by atoms with Crippen molar-refractivity contribution in [2.24, 2.45) is 0 Å². The van der Waals surface area contributed by atoms with E-state index in [2.05, 4.69) is 0 Å². The number of para-hydroxylation sites is 1. The van der Waals surface area contributed by atoms with Crippen molar-refractivity contribution >= 4 is 26.5 Å². The molecule has 0 radical (unpaired) electrons. The highest BCUT2D eigenvalue weighted by Crippen LogP contribution is 2.30. The van der Waals surface area contributed by atoms with E-state index in [4.69, 9.17) is 4.74 Å². The Labute approximate surface area is 136 Å². The fraction of sp³-hybridized carbons (Fsp3) is 0.111. The van der Waals surface area contributed by atoms with Gasteiger partial charge in [-0.25, -0.2) is 8.42 Å². The highest BCUT2D eigenvalue weighted by atomic mass is 32.2. The van der Waals surface area contributed by atoms with E-state index in [0.717, 1.165) is 10.8 Å². The van der Waals surface area contributed by atoms with Crippen LogP contribution in [-0.2, 0) is 10.0 Å². The van der Waals surface area contributed by atoms with E-state index in [9.17, 15) is 8.42 Å². The minimum absolute atomic E-state index is 0.151. The standard InChI is InChI=1S/C18H17NO3S/c1-19(16-12-11-14-7-3-4-8-15(14)13-16)23(20,21)18-10-6-5-9-17(18)22-2/h3-13H,1-2H3. The molecular weight excluding hydrogens is 310 g/mol. The molecular formula is C18H17NO3S. The second kappa shape index (κ2) is 5.93. The van der Waals surface area contributed by atoms with Crippen molar-refractivity contribution in [2.75, 3.05) is 18.5 Å². The van der Waals surface area contributed by atoms with Crippen molar-refractivity contribution in [2.45, 2.75) is 4.90 Å². The Balaban J connectivity index is 2.08. The number of anilines is 1. The lowest BCUT2D eigenvalue weighted by atomic mass is 10.1. The number of sulfonamides is 1. The summed E-state index contributed by atoms with van der Waals surface area (Å²) in [5, 5.41) is 2.06. The topological polar surface area (TPSA) is 46.6 Å². The minimum Gasteiger partial charge on any atom is -0.495 e. The molecule has 0 unspecified atom stereocenters. The summed E-state index contributed by atoms with van der Waals surface area (Å²) in [7, 11) is -0.685. The van der Waals surface area contributed by atoms with Gasteiger partial charge < -0.3 is 4.74 Å². The second-order valence-electron chi connectivity index (χ2n) is 5.15. The van der Waals surface area contributed by atoms with Crippen molar-refractivity contribution in [3.63, 3.8) is 0 Å².